The zero-order valence-corrected chi connectivity index (χ0v) is 7.91. The van der Waals surface area contributed by atoms with Crippen LogP contribution in [0.15, 0.2) is 0 Å². The van der Waals surface area contributed by atoms with Crippen molar-refractivity contribution in [2.75, 3.05) is 26.4 Å². The monoisotopic (exact) mass is 190 g/mol. The average Bonchev–Trinajstić information content (AvgIpc) is 2.94. The Morgan fingerprint density at radius 2 is 1.69 bits per heavy atom. The second kappa shape index (κ2) is 7.30. The third-order valence-electron chi connectivity index (χ3n) is 1.77. The fourth-order valence-corrected chi connectivity index (χ4v) is 0.717. The molecule has 0 aliphatic carbocycles. The van der Waals surface area contributed by atoms with Gasteiger partial charge in [-0.2, -0.15) is 0 Å². The number of ether oxygens (including phenoxy) is 3. The molecule has 0 amide bonds. The number of rotatable bonds is 4. The molecular weight excluding hydrogens is 168 g/mol. The zero-order valence-electron chi connectivity index (χ0n) is 7.91. The lowest BCUT2D eigenvalue weighted by Crippen LogP contribution is -1.99. The lowest BCUT2D eigenvalue weighted by atomic mass is 10.4. The summed E-state index contributed by atoms with van der Waals surface area (Å²) in [6.07, 6.45) is 2.26. The van der Waals surface area contributed by atoms with E-state index >= 15 is 0 Å². The summed E-state index contributed by atoms with van der Waals surface area (Å²) < 4.78 is 14.8. The van der Waals surface area contributed by atoms with Crippen LogP contribution in [0, 0.1) is 0 Å². The van der Waals surface area contributed by atoms with E-state index in [1.165, 1.54) is 6.42 Å². The Morgan fingerprint density at radius 1 is 1.15 bits per heavy atom. The highest BCUT2D eigenvalue weighted by molar-refractivity contribution is 4.66. The summed E-state index contributed by atoms with van der Waals surface area (Å²) >= 11 is 0. The van der Waals surface area contributed by atoms with Gasteiger partial charge < -0.3 is 14.2 Å². The maximum Gasteiger partial charge on any atom is 0.104 e. The van der Waals surface area contributed by atoms with Crippen LogP contribution in [0.3, 0.4) is 0 Å². The van der Waals surface area contributed by atoms with E-state index in [0.29, 0.717) is 12.2 Å². The van der Waals surface area contributed by atoms with Crippen LogP contribution in [0.1, 0.15) is 27.7 Å². The van der Waals surface area contributed by atoms with Crippen molar-refractivity contribution in [1.29, 1.82) is 0 Å². The molecule has 2 atom stereocenters. The maximum atomic E-state index is 5.03. The van der Waals surface area contributed by atoms with E-state index in [0.717, 1.165) is 26.4 Å². The van der Waals surface area contributed by atoms with E-state index in [1.807, 2.05) is 6.92 Å². The second-order valence-corrected chi connectivity index (χ2v) is 2.98. The molecule has 2 saturated heterocycles. The topological polar surface area (TPSA) is 34.3 Å². The van der Waals surface area contributed by atoms with Crippen LogP contribution < -0.4 is 0 Å². The Labute approximate surface area is 81.4 Å². The van der Waals surface area contributed by atoms with Crippen LogP contribution >= 0.6 is 0 Å². The van der Waals surface area contributed by atoms with Crippen LogP contribution in [-0.2, 0) is 14.2 Å². The molecule has 0 N–H and O–H groups in total. The summed E-state index contributed by atoms with van der Waals surface area (Å²) in [7, 11) is 0. The van der Waals surface area contributed by atoms with Crippen molar-refractivity contribution in [1.82, 2.24) is 0 Å². The molecule has 2 unspecified atom stereocenters. The van der Waals surface area contributed by atoms with Crippen LogP contribution in [0.2, 0.25) is 0 Å². The van der Waals surface area contributed by atoms with Crippen molar-refractivity contribution in [2.45, 2.75) is 39.9 Å². The molecule has 2 aliphatic heterocycles. The quantitative estimate of drug-likeness (QED) is 0.634. The fourth-order valence-electron chi connectivity index (χ4n) is 0.717. The van der Waals surface area contributed by atoms with Gasteiger partial charge in [-0.25, -0.2) is 0 Å². The summed E-state index contributed by atoms with van der Waals surface area (Å²) in [4.78, 5) is 0. The van der Waals surface area contributed by atoms with Gasteiger partial charge in [0.25, 0.3) is 0 Å². The van der Waals surface area contributed by atoms with Gasteiger partial charge in [0.2, 0.25) is 0 Å². The summed E-state index contributed by atoms with van der Waals surface area (Å²) in [6.45, 7) is 7.63. The zero-order chi connectivity index (χ0) is 8.81. The highest BCUT2D eigenvalue weighted by Crippen LogP contribution is 2.10. The van der Waals surface area contributed by atoms with Gasteiger partial charge in [-0.3, -0.25) is 0 Å². The van der Waals surface area contributed by atoms with Gasteiger partial charge in [-0.05, 0) is 13.3 Å². The van der Waals surface area contributed by atoms with Gasteiger partial charge in [0.1, 0.15) is 6.10 Å². The highest BCUT2D eigenvalue weighted by Gasteiger charge is 2.21. The van der Waals surface area contributed by atoms with Gasteiger partial charge in [0.05, 0.1) is 25.9 Å². The lowest BCUT2D eigenvalue weighted by Gasteiger charge is -1.91. The third kappa shape index (κ3) is 8.22. The smallest absolute Gasteiger partial charge is 0.104 e. The molecule has 2 rings (SSSR count). The molecule has 2 heterocycles. The Bertz CT molecular complexity index is 109. The number of hydrogen-bond acceptors (Lipinski definition) is 3. The molecule has 0 aromatic carbocycles. The molecule has 0 radical (unpaired) electrons. The number of epoxide rings is 2. The summed E-state index contributed by atoms with van der Waals surface area (Å²) in [5, 5.41) is 0. The SMILES string of the molecule is C.CCC1CO1.CCOCC1CO1. The normalized spacial score (nSPS) is 28.2. The molecule has 3 nitrogen and oxygen atoms in total. The predicted molar refractivity (Wildman–Crippen MR) is 53.0 cm³/mol. The first-order chi connectivity index (χ1) is 5.86. The largest absolute Gasteiger partial charge is 0.379 e. The van der Waals surface area contributed by atoms with Gasteiger partial charge in [0, 0.05) is 6.61 Å². The average molecular weight is 190 g/mol. The van der Waals surface area contributed by atoms with Crippen LogP contribution in [0.5, 0.6) is 0 Å². The fraction of sp³-hybridized carbons (Fsp3) is 1.00. The minimum absolute atomic E-state index is 0. The lowest BCUT2D eigenvalue weighted by molar-refractivity contribution is 0.128. The van der Waals surface area contributed by atoms with E-state index in [-0.39, 0.29) is 7.43 Å². The number of hydrogen-bond donors (Lipinski definition) is 0. The Morgan fingerprint density at radius 3 is 1.92 bits per heavy atom. The summed E-state index contributed by atoms with van der Waals surface area (Å²) in [5.74, 6) is 0. The Kier molecular flexibility index (Phi) is 7.23. The molecule has 80 valence electrons. The predicted octanol–water partition coefficient (Wildman–Crippen LogP) is 1.85. The Hall–Kier alpha value is -0.120. The van der Waals surface area contributed by atoms with E-state index < -0.39 is 0 Å². The molecule has 2 fully saturated rings. The molecule has 0 bridgehead atoms. The third-order valence-corrected chi connectivity index (χ3v) is 1.77. The van der Waals surface area contributed by atoms with Gasteiger partial charge in [0.15, 0.2) is 0 Å². The van der Waals surface area contributed by atoms with Crippen LogP contribution in [0.4, 0.5) is 0 Å². The summed E-state index contributed by atoms with van der Waals surface area (Å²) in [6, 6.07) is 0. The van der Waals surface area contributed by atoms with Crippen LogP contribution in [0.25, 0.3) is 0 Å². The van der Waals surface area contributed by atoms with E-state index in [4.69, 9.17) is 14.2 Å². The maximum absolute atomic E-state index is 5.03. The second-order valence-electron chi connectivity index (χ2n) is 2.98. The van der Waals surface area contributed by atoms with E-state index in [2.05, 4.69) is 6.92 Å². The van der Waals surface area contributed by atoms with Crippen molar-refractivity contribution in [3.05, 3.63) is 0 Å². The van der Waals surface area contributed by atoms with E-state index in [9.17, 15) is 0 Å². The molecule has 0 spiro atoms. The van der Waals surface area contributed by atoms with Crippen LogP contribution in [-0.4, -0.2) is 38.6 Å². The molecule has 0 aromatic rings. The Balaban J connectivity index is 0.000000215. The van der Waals surface area contributed by atoms with Crippen molar-refractivity contribution >= 4 is 0 Å². The van der Waals surface area contributed by atoms with Gasteiger partial charge in [-0.15, -0.1) is 0 Å². The highest BCUT2D eigenvalue weighted by atomic mass is 16.6. The van der Waals surface area contributed by atoms with Crippen molar-refractivity contribution in [3.8, 4) is 0 Å². The minimum Gasteiger partial charge on any atom is -0.379 e. The molecular formula is C10H22O3. The molecule has 2 aliphatic rings. The first-order valence-corrected chi connectivity index (χ1v) is 4.67. The molecule has 13 heavy (non-hydrogen) atoms. The molecule has 3 heteroatoms. The molecule has 0 aromatic heterocycles. The van der Waals surface area contributed by atoms with Gasteiger partial charge >= 0.3 is 0 Å². The molecule has 0 saturated carbocycles. The standard InChI is InChI=1S/C5H10O2.C4H8O.CH4/c1-2-6-3-5-4-7-5;1-2-4-3-5-4;/h5H,2-4H2,1H3;4H,2-3H2,1H3;1H4. The van der Waals surface area contributed by atoms with E-state index in [1.54, 1.807) is 0 Å². The van der Waals surface area contributed by atoms with Crippen molar-refractivity contribution in [3.63, 3.8) is 0 Å². The first-order valence-electron chi connectivity index (χ1n) is 4.67. The summed E-state index contributed by atoms with van der Waals surface area (Å²) in [5.41, 5.74) is 0. The van der Waals surface area contributed by atoms with Crippen molar-refractivity contribution < 1.29 is 14.2 Å². The van der Waals surface area contributed by atoms with Crippen molar-refractivity contribution in [2.24, 2.45) is 0 Å². The van der Waals surface area contributed by atoms with Gasteiger partial charge in [-0.1, -0.05) is 14.4 Å². The minimum atomic E-state index is 0. The first kappa shape index (κ1) is 12.9.